The highest BCUT2D eigenvalue weighted by Crippen LogP contribution is 2.45. The molecule has 11 heteroatoms. The van der Waals surface area contributed by atoms with Crippen molar-refractivity contribution in [3.63, 3.8) is 0 Å². The summed E-state index contributed by atoms with van der Waals surface area (Å²) in [4.78, 5) is 33.5. The van der Waals surface area contributed by atoms with Crippen LogP contribution in [0.1, 0.15) is 22.8 Å². The largest absolute Gasteiger partial charge is 0.516 e. The minimum Gasteiger partial charge on any atom is -0.480 e. The molecule has 2 atom stereocenters. The predicted octanol–water partition coefficient (Wildman–Crippen LogP) is 3.31. The first-order chi connectivity index (χ1) is 13.1. The van der Waals surface area contributed by atoms with Crippen LogP contribution in [0.3, 0.4) is 0 Å². The monoisotopic (exact) mass is 408 g/mol. The van der Waals surface area contributed by atoms with Crippen molar-refractivity contribution in [3.8, 4) is 5.75 Å². The van der Waals surface area contributed by atoms with E-state index in [0.717, 1.165) is 29.8 Å². The topological polar surface area (TPSA) is 145 Å². The van der Waals surface area contributed by atoms with Crippen molar-refractivity contribution in [2.75, 3.05) is 0 Å². The van der Waals surface area contributed by atoms with Gasteiger partial charge < -0.3 is 14.2 Å². The van der Waals surface area contributed by atoms with Crippen molar-refractivity contribution in [1.82, 2.24) is 5.09 Å². The Bertz CT molecular complexity index is 944. The van der Waals surface area contributed by atoms with Gasteiger partial charge in [-0.05, 0) is 38.1 Å². The van der Waals surface area contributed by atoms with Crippen molar-refractivity contribution in [2.24, 2.45) is 0 Å². The zero-order valence-electron chi connectivity index (χ0n) is 14.9. The van der Waals surface area contributed by atoms with Gasteiger partial charge in [-0.15, -0.1) is 0 Å². The molecule has 0 aliphatic heterocycles. The highest BCUT2D eigenvalue weighted by molar-refractivity contribution is 7.52. The molecule has 2 N–H and O–H groups in total. The molecule has 0 saturated heterocycles. The van der Waals surface area contributed by atoms with Gasteiger partial charge in [-0.25, -0.2) is 9.36 Å². The molecular weight excluding hydrogens is 391 g/mol. The molecule has 1 unspecified atom stereocenters. The molecule has 10 nitrogen and oxygen atoms in total. The number of aliphatic carboxylic acids is 1. The molecule has 0 amide bonds. The third-order valence-corrected chi connectivity index (χ3v) is 5.01. The molecule has 2 aromatic carbocycles. The Morgan fingerprint density at radius 3 is 2.39 bits per heavy atom. The van der Waals surface area contributed by atoms with Gasteiger partial charge in [0, 0.05) is 12.1 Å². The van der Waals surface area contributed by atoms with Crippen LogP contribution in [0, 0.1) is 17.0 Å². The molecule has 2 aromatic rings. The smallest absolute Gasteiger partial charge is 0.480 e. The molecule has 0 fully saturated rings. The van der Waals surface area contributed by atoms with Gasteiger partial charge >= 0.3 is 19.7 Å². The van der Waals surface area contributed by atoms with E-state index in [1.54, 1.807) is 19.1 Å². The fourth-order valence-corrected chi connectivity index (χ4v) is 3.52. The van der Waals surface area contributed by atoms with E-state index in [4.69, 9.17) is 14.2 Å². The number of carboxylic acid groups (broad SMARTS) is 1. The van der Waals surface area contributed by atoms with E-state index in [9.17, 15) is 24.3 Å². The van der Waals surface area contributed by atoms with Crippen molar-refractivity contribution < 1.29 is 33.2 Å². The SMILES string of the molecule is Cc1cccc(C(=O)OP(=O)(N[C@@H](C)C(=O)O)Oc2ccc([N+](=O)[O-])cc2)c1. The number of nitrogens with zero attached hydrogens (tertiary/aromatic N) is 1. The molecule has 0 saturated carbocycles. The molecule has 28 heavy (non-hydrogen) atoms. The summed E-state index contributed by atoms with van der Waals surface area (Å²) in [6, 6.07) is 9.41. The van der Waals surface area contributed by atoms with Crippen molar-refractivity contribution in [3.05, 3.63) is 69.8 Å². The maximum absolute atomic E-state index is 13.0. The molecule has 0 radical (unpaired) electrons. The molecule has 0 heterocycles. The maximum atomic E-state index is 13.0. The standard InChI is InChI=1S/C17H17N2O8P/c1-11-4-3-5-13(10-11)17(22)27-28(25,18-12(2)16(20)21)26-15-8-6-14(7-9-15)19(23)24/h3-10,12H,1-2H3,(H,18,25)(H,20,21)/t12-,28?/m0/s1. The highest BCUT2D eigenvalue weighted by atomic mass is 31.2. The van der Waals surface area contributed by atoms with E-state index in [-0.39, 0.29) is 17.0 Å². The number of benzene rings is 2. The summed E-state index contributed by atoms with van der Waals surface area (Å²) < 4.78 is 23.2. The van der Waals surface area contributed by atoms with Gasteiger partial charge in [-0.3, -0.25) is 14.9 Å². The average Bonchev–Trinajstić information content (AvgIpc) is 2.61. The van der Waals surface area contributed by atoms with Gasteiger partial charge in [0.1, 0.15) is 11.8 Å². The highest BCUT2D eigenvalue weighted by Gasteiger charge is 2.35. The second-order valence-electron chi connectivity index (χ2n) is 5.78. The summed E-state index contributed by atoms with van der Waals surface area (Å²) in [5, 5.41) is 21.9. The fourth-order valence-electron chi connectivity index (χ4n) is 2.07. The number of rotatable bonds is 8. The Morgan fingerprint density at radius 2 is 1.86 bits per heavy atom. The number of nitrogens with one attached hydrogen (secondary N) is 1. The summed E-state index contributed by atoms with van der Waals surface area (Å²) in [5.41, 5.74) is 0.621. The lowest BCUT2D eigenvalue weighted by atomic mass is 10.1. The summed E-state index contributed by atoms with van der Waals surface area (Å²) in [6.07, 6.45) is 0. The van der Waals surface area contributed by atoms with Gasteiger partial charge in [0.2, 0.25) is 0 Å². The van der Waals surface area contributed by atoms with Crippen LogP contribution in [0.5, 0.6) is 5.75 Å². The summed E-state index contributed by atoms with van der Waals surface area (Å²) in [5.74, 6) is -2.45. The Labute approximate surface area is 159 Å². The number of carbonyl (C=O) groups excluding carboxylic acids is 1. The lowest BCUT2D eigenvalue weighted by molar-refractivity contribution is -0.384. The van der Waals surface area contributed by atoms with Gasteiger partial charge in [-0.1, -0.05) is 17.7 Å². The van der Waals surface area contributed by atoms with Gasteiger partial charge in [0.05, 0.1) is 10.5 Å². The van der Waals surface area contributed by atoms with Crippen LogP contribution in [0.4, 0.5) is 5.69 Å². The lowest BCUT2D eigenvalue weighted by Crippen LogP contribution is -2.34. The third-order valence-electron chi connectivity index (χ3n) is 3.45. The molecule has 2 rings (SSSR count). The summed E-state index contributed by atoms with van der Waals surface area (Å²) >= 11 is 0. The zero-order chi connectivity index (χ0) is 20.9. The third kappa shape index (κ3) is 5.63. The molecule has 148 valence electrons. The molecule has 0 aliphatic carbocycles. The van der Waals surface area contributed by atoms with Gasteiger partial charge in [-0.2, -0.15) is 5.09 Å². The van der Waals surface area contributed by atoms with Gasteiger partial charge in [0.25, 0.3) is 5.69 Å². The number of carbonyl (C=O) groups is 2. The van der Waals surface area contributed by atoms with Crippen molar-refractivity contribution in [1.29, 1.82) is 0 Å². The van der Waals surface area contributed by atoms with Crippen molar-refractivity contribution >= 4 is 25.4 Å². The second kappa shape index (κ2) is 8.64. The predicted molar refractivity (Wildman–Crippen MR) is 98.2 cm³/mol. The Hall–Kier alpha value is -3.23. The first-order valence-electron chi connectivity index (χ1n) is 7.95. The van der Waals surface area contributed by atoms with Gasteiger partial charge in [0.15, 0.2) is 0 Å². The van der Waals surface area contributed by atoms with Crippen LogP contribution in [0.25, 0.3) is 0 Å². The number of nitro benzene ring substituents is 1. The van der Waals surface area contributed by atoms with Crippen LogP contribution in [0.2, 0.25) is 0 Å². The quantitative estimate of drug-likeness (QED) is 0.381. The summed E-state index contributed by atoms with van der Waals surface area (Å²) in [6.45, 7) is 2.93. The summed E-state index contributed by atoms with van der Waals surface area (Å²) in [7, 11) is -4.48. The molecule has 0 bridgehead atoms. The van der Waals surface area contributed by atoms with Crippen LogP contribution < -0.4 is 9.61 Å². The normalized spacial score (nSPS) is 13.8. The average molecular weight is 408 g/mol. The van der Waals surface area contributed by atoms with Crippen molar-refractivity contribution in [2.45, 2.75) is 19.9 Å². The van der Waals surface area contributed by atoms with Crippen LogP contribution >= 0.6 is 7.75 Å². The Kier molecular flexibility index (Phi) is 6.50. The van der Waals surface area contributed by atoms with Crippen LogP contribution in [-0.4, -0.2) is 28.0 Å². The fraction of sp³-hybridized carbons (Fsp3) is 0.176. The zero-order valence-corrected chi connectivity index (χ0v) is 15.8. The molecular formula is C17H17N2O8P. The first kappa shape index (κ1) is 21.1. The van der Waals surface area contributed by atoms with Crippen LogP contribution in [-0.2, 0) is 13.9 Å². The molecule has 0 spiro atoms. The number of non-ortho nitro benzene ring substituents is 1. The second-order valence-corrected chi connectivity index (χ2v) is 7.40. The number of hydrogen-bond donors (Lipinski definition) is 2. The van der Waals surface area contributed by atoms with E-state index < -0.39 is 30.7 Å². The van der Waals surface area contributed by atoms with E-state index in [1.165, 1.54) is 19.1 Å². The lowest BCUT2D eigenvalue weighted by Gasteiger charge is -2.21. The number of aryl methyl sites for hydroxylation is 1. The van der Waals surface area contributed by atoms with Crippen LogP contribution in [0.15, 0.2) is 48.5 Å². The maximum Gasteiger partial charge on any atom is 0.516 e. The number of nitro groups is 1. The number of hydrogen-bond acceptors (Lipinski definition) is 7. The minimum absolute atomic E-state index is 0.0947. The first-order valence-corrected chi connectivity index (χ1v) is 9.49. The van der Waals surface area contributed by atoms with E-state index in [2.05, 4.69) is 5.09 Å². The van der Waals surface area contributed by atoms with E-state index in [1.807, 2.05) is 0 Å². The van der Waals surface area contributed by atoms with E-state index in [0.29, 0.717) is 0 Å². The van der Waals surface area contributed by atoms with E-state index >= 15 is 0 Å². The molecule has 0 aromatic heterocycles. The number of carboxylic acids is 1. The Morgan fingerprint density at radius 1 is 1.21 bits per heavy atom. The minimum atomic E-state index is -4.48. The Balaban J connectivity index is 2.28. The molecule has 0 aliphatic rings.